The summed E-state index contributed by atoms with van der Waals surface area (Å²) >= 11 is 0. The van der Waals surface area contributed by atoms with Crippen LogP contribution in [0.1, 0.15) is 18.9 Å². The van der Waals surface area contributed by atoms with Crippen molar-refractivity contribution in [3.63, 3.8) is 0 Å². The zero-order valence-corrected chi connectivity index (χ0v) is 8.13. The lowest BCUT2D eigenvalue weighted by Crippen LogP contribution is -1.94. The molecule has 2 nitrogen and oxygen atoms in total. The van der Waals surface area contributed by atoms with Crippen molar-refractivity contribution in [1.82, 2.24) is 0 Å². The predicted molar refractivity (Wildman–Crippen MR) is 52.3 cm³/mol. The second-order valence-corrected chi connectivity index (χ2v) is 3.09. The lowest BCUT2D eigenvalue weighted by Gasteiger charge is -2.03. The lowest BCUT2D eigenvalue weighted by atomic mass is 10.1. The minimum atomic E-state index is -1.01. The first-order valence-corrected chi connectivity index (χ1v) is 4.35. The Labute approximate surface area is 85.9 Å². The number of benzene rings is 1. The molecular weight excluding hydrogens is 202 g/mol. The van der Waals surface area contributed by atoms with Gasteiger partial charge in [0, 0.05) is 5.56 Å². The maximum atomic E-state index is 13.2. The van der Waals surface area contributed by atoms with E-state index in [0.29, 0.717) is 5.57 Å². The third-order valence-electron chi connectivity index (χ3n) is 1.96. The molecule has 0 bridgehead atoms. The maximum absolute atomic E-state index is 13.2. The van der Waals surface area contributed by atoms with E-state index in [0.717, 1.165) is 6.07 Å². The van der Waals surface area contributed by atoms with Gasteiger partial charge in [-0.25, -0.2) is 8.78 Å². The highest BCUT2D eigenvalue weighted by molar-refractivity contribution is 5.73. The maximum Gasteiger partial charge on any atom is 0.307 e. The third kappa shape index (κ3) is 2.87. The van der Waals surface area contributed by atoms with Gasteiger partial charge in [-0.1, -0.05) is 18.2 Å². The van der Waals surface area contributed by atoms with Gasteiger partial charge in [0.05, 0.1) is 6.42 Å². The largest absolute Gasteiger partial charge is 0.481 e. The van der Waals surface area contributed by atoms with Gasteiger partial charge in [0.15, 0.2) is 11.6 Å². The molecule has 0 amide bonds. The van der Waals surface area contributed by atoms with Gasteiger partial charge in [0.1, 0.15) is 0 Å². The first-order chi connectivity index (χ1) is 7.02. The summed E-state index contributed by atoms with van der Waals surface area (Å²) < 4.78 is 26.0. The molecule has 0 aliphatic carbocycles. The summed E-state index contributed by atoms with van der Waals surface area (Å²) in [4.78, 5) is 10.3. The van der Waals surface area contributed by atoms with E-state index in [-0.39, 0.29) is 12.0 Å². The quantitative estimate of drug-likeness (QED) is 0.836. The number of carbonyl (C=O) groups is 1. The number of rotatable bonds is 3. The molecule has 0 aliphatic heterocycles. The van der Waals surface area contributed by atoms with Crippen molar-refractivity contribution in [3.8, 4) is 0 Å². The van der Waals surface area contributed by atoms with Crippen LogP contribution in [-0.4, -0.2) is 11.1 Å². The van der Waals surface area contributed by atoms with Gasteiger partial charge in [-0.3, -0.25) is 4.79 Å². The molecule has 0 saturated carbocycles. The number of aliphatic carboxylic acids is 1. The molecule has 15 heavy (non-hydrogen) atoms. The van der Waals surface area contributed by atoms with E-state index >= 15 is 0 Å². The van der Waals surface area contributed by atoms with Crippen molar-refractivity contribution < 1.29 is 18.7 Å². The SMILES string of the molecule is C/C(=C\CC(=O)O)c1cccc(F)c1F. The average Bonchev–Trinajstić information content (AvgIpc) is 2.18. The molecule has 0 heterocycles. The summed E-state index contributed by atoms with van der Waals surface area (Å²) in [5.41, 5.74) is 0.505. The standard InChI is InChI=1S/C11H10F2O2/c1-7(5-6-10(14)15)8-3-2-4-9(12)11(8)13/h2-5H,6H2,1H3,(H,14,15)/b7-5+. The van der Waals surface area contributed by atoms with E-state index < -0.39 is 17.6 Å². The van der Waals surface area contributed by atoms with Crippen LogP contribution in [0.15, 0.2) is 24.3 Å². The predicted octanol–water partition coefficient (Wildman–Crippen LogP) is 2.84. The minimum absolute atomic E-state index is 0.0938. The van der Waals surface area contributed by atoms with E-state index in [1.165, 1.54) is 18.2 Å². The van der Waals surface area contributed by atoms with Crippen molar-refractivity contribution >= 4 is 11.5 Å². The molecule has 0 aromatic heterocycles. The Hall–Kier alpha value is -1.71. The molecule has 1 N–H and O–H groups in total. The lowest BCUT2D eigenvalue weighted by molar-refractivity contribution is -0.135. The van der Waals surface area contributed by atoms with Gasteiger partial charge in [0.2, 0.25) is 0 Å². The van der Waals surface area contributed by atoms with Crippen LogP contribution in [0.3, 0.4) is 0 Å². The number of carboxylic acid groups (broad SMARTS) is 1. The van der Waals surface area contributed by atoms with Gasteiger partial charge in [0.25, 0.3) is 0 Å². The Morgan fingerprint density at radius 3 is 2.73 bits per heavy atom. The fraction of sp³-hybridized carbons (Fsp3) is 0.182. The van der Waals surface area contributed by atoms with Crippen LogP contribution in [0, 0.1) is 11.6 Å². The van der Waals surface area contributed by atoms with Crippen LogP contribution in [0.5, 0.6) is 0 Å². The third-order valence-corrected chi connectivity index (χ3v) is 1.96. The summed E-state index contributed by atoms with van der Waals surface area (Å²) in [6.45, 7) is 1.54. The number of allylic oxidation sites excluding steroid dienone is 1. The fourth-order valence-corrected chi connectivity index (χ4v) is 1.16. The van der Waals surface area contributed by atoms with E-state index in [1.807, 2.05) is 0 Å². The summed E-state index contributed by atoms with van der Waals surface area (Å²) in [6.07, 6.45) is 1.14. The zero-order chi connectivity index (χ0) is 11.4. The van der Waals surface area contributed by atoms with Crippen molar-refractivity contribution in [2.24, 2.45) is 0 Å². The number of halogens is 2. The van der Waals surface area contributed by atoms with Crippen LogP contribution < -0.4 is 0 Å². The normalized spacial score (nSPS) is 11.5. The molecule has 1 rings (SSSR count). The Morgan fingerprint density at radius 2 is 2.13 bits per heavy atom. The molecule has 4 heteroatoms. The summed E-state index contributed by atoms with van der Waals surface area (Å²) in [7, 11) is 0. The molecule has 0 saturated heterocycles. The number of hydrogen-bond acceptors (Lipinski definition) is 1. The van der Waals surface area contributed by atoms with Gasteiger partial charge < -0.3 is 5.11 Å². The van der Waals surface area contributed by atoms with E-state index in [2.05, 4.69) is 0 Å². The van der Waals surface area contributed by atoms with Crippen LogP contribution in [0.2, 0.25) is 0 Å². The fourth-order valence-electron chi connectivity index (χ4n) is 1.16. The van der Waals surface area contributed by atoms with Crippen molar-refractivity contribution in [2.75, 3.05) is 0 Å². The smallest absolute Gasteiger partial charge is 0.307 e. The Morgan fingerprint density at radius 1 is 1.47 bits per heavy atom. The van der Waals surface area contributed by atoms with Crippen LogP contribution >= 0.6 is 0 Å². The van der Waals surface area contributed by atoms with Gasteiger partial charge in [-0.05, 0) is 18.6 Å². The zero-order valence-electron chi connectivity index (χ0n) is 8.13. The second-order valence-electron chi connectivity index (χ2n) is 3.09. The topological polar surface area (TPSA) is 37.3 Å². The van der Waals surface area contributed by atoms with Crippen molar-refractivity contribution in [3.05, 3.63) is 41.5 Å². The van der Waals surface area contributed by atoms with E-state index in [4.69, 9.17) is 5.11 Å². The van der Waals surface area contributed by atoms with Gasteiger partial charge in [-0.15, -0.1) is 0 Å². The van der Waals surface area contributed by atoms with Gasteiger partial charge in [-0.2, -0.15) is 0 Å². The second kappa shape index (κ2) is 4.68. The molecule has 0 fully saturated rings. The highest BCUT2D eigenvalue weighted by atomic mass is 19.2. The van der Waals surface area contributed by atoms with Crippen LogP contribution in [0.25, 0.3) is 5.57 Å². The number of carboxylic acids is 1. The molecule has 0 atom stereocenters. The summed E-state index contributed by atoms with van der Waals surface area (Å²) in [5.74, 6) is -2.89. The molecule has 0 aliphatic rings. The number of hydrogen-bond donors (Lipinski definition) is 1. The molecule has 0 unspecified atom stereocenters. The van der Waals surface area contributed by atoms with Crippen molar-refractivity contribution in [1.29, 1.82) is 0 Å². The molecular formula is C11H10F2O2. The molecule has 0 spiro atoms. The van der Waals surface area contributed by atoms with Crippen LogP contribution in [0.4, 0.5) is 8.78 Å². The highest BCUT2D eigenvalue weighted by Gasteiger charge is 2.08. The molecule has 0 radical (unpaired) electrons. The average molecular weight is 212 g/mol. The first kappa shape index (κ1) is 11.4. The molecule has 1 aromatic rings. The Bertz CT molecular complexity index is 411. The molecule has 1 aromatic carbocycles. The van der Waals surface area contributed by atoms with E-state index in [1.54, 1.807) is 6.92 Å². The monoisotopic (exact) mass is 212 g/mol. The van der Waals surface area contributed by atoms with E-state index in [9.17, 15) is 13.6 Å². The summed E-state index contributed by atoms with van der Waals surface area (Å²) in [6, 6.07) is 3.81. The van der Waals surface area contributed by atoms with Gasteiger partial charge >= 0.3 is 5.97 Å². The van der Waals surface area contributed by atoms with Crippen molar-refractivity contribution in [2.45, 2.75) is 13.3 Å². The first-order valence-electron chi connectivity index (χ1n) is 4.35. The minimum Gasteiger partial charge on any atom is -0.481 e. The highest BCUT2D eigenvalue weighted by Crippen LogP contribution is 2.20. The Balaban J connectivity index is 3.00. The van der Waals surface area contributed by atoms with Crippen LogP contribution in [-0.2, 0) is 4.79 Å². The molecule has 80 valence electrons. The summed E-state index contributed by atoms with van der Waals surface area (Å²) in [5, 5.41) is 8.42. The Kier molecular flexibility index (Phi) is 3.55.